The van der Waals surface area contributed by atoms with Gasteiger partial charge in [-0.25, -0.2) is 4.79 Å². The molecule has 1 aromatic heterocycles. The molecule has 0 radical (unpaired) electrons. The van der Waals surface area contributed by atoms with Crippen molar-refractivity contribution >= 4 is 5.97 Å². The molecule has 2 atom stereocenters. The number of nitrogens with two attached hydrogens (primary N) is 1. The van der Waals surface area contributed by atoms with Crippen molar-refractivity contribution < 1.29 is 13.9 Å². The number of esters is 1. The predicted molar refractivity (Wildman–Crippen MR) is 71.7 cm³/mol. The predicted octanol–water partition coefficient (Wildman–Crippen LogP) is 1.63. The first-order valence-electron chi connectivity index (χ1n) is 6.75. The number of hydrogen-bond acceptors (Lipinski definition) is 5. The molecule has 106 valence electrons. The van der Waals surface area contributed by atoms with Crippen molar-refractivity contribution in [3.05, 3.63) is 23.7 Å². The summed E-state index contributed by atoms with van der Waals surface area (Å²) in [6, 6.07) is 3.72. The highest BCUT2D eigenvalue weighted by Crippen LogP contribution is 2.21. The van der Waals surface area contributed by atoms with Crippen molar-refractivity contribution in [1.29, 1.82) is 0 Å². The summed E-state index contributed by atoms with van der Waals surface area (Å²) in [6.45, 7) is 4.83. The van der Waals surface area contributed by atoms with Gasteiger partial charge in [0.25, 0.3) is 0 Å². The lowest BCUT2D eigenvalue weighted by Gasteiger charge is -2.34. The molecule has 0 aliphatic carbocycles. The maximum absolute atomic E-state index is 11.3. The number of methoxy groups -OCH3 is 1. The summed E-state index contributed by atoms with van der Waals surface area (Å²) in [7, 11) is 1.35. The fraction of sp³-hybridized carbons (Fsp3) is 0.643. The average Bonchev–Trinajstić information content (AvgIpc) is 2.86. The highest BCUT2D eigenvalue weighted by Gasteiger charge is 2.23. The molecule has 1 aliphatic rings. The Morgan fingerprint density at radius 2 is 2.42 bits per heavy atom. The van der Waals surface area contributed by atoms with Gasteiger partial charge >= 0.3 is 5.97 Å². The van der Waals surface area contributed by atoms with Crippen LogP contribution in [0.4, 0.5) is 0 Å². The average molecular weight is 266 g/mol. The molecule has 0 amide bonds. The van der Waals surface area contributed by atoms with Crippen LogP contribution in [0.15, 0.2) is 16.5 Å². The topological polar surface area (TPSA) is 68.7 Å². The van der Waals surface area contributed by atoms with E-state index in [-0.39, 0.29) is 11.8 Å². The van der Waals surface area contributed by atoms with E-state index in [1.54, 1.807) is 6.07 Å². The Bertz CT molecular complexity index is 428. The number of piperidine rings is 1. The summed E-state index contributed by atoms with van der Waals surface area (Å²) in [5.74, 6) is 1.17. The smallest absolute Gasteiger partial charge is 0.373 e. The fourth-order valence-corrected chi connectivity index (χ4v) is 2.56. The van der Waals surface area contributed by atoms with Gasteiger partial charge < -0.3 is 14.9 Å². The molecule has 5 heteroatoms. The minimum absolute atomic E-state index is 0.227. The van der Waals surface area contributed by atoms with Gasteiger partial charge in [-0.1, -0.05) is 0 Å². The van der Waals surface area contributed by atoms with Crippen LogP contribution in [-0.4, -0.2) is 37.1 Å². The van der Waals surface area contributed by atoms with Crippen LogP contribution in [0.5, 0.6) is 0 Å². The van der Waals surface area contributed by atoms with Gasteiger partial charge in [0.1, 0.15) is 5.76 Å². The van der Waals surface area contributed by atoms with Crippen LogP contribution in [0.1, 0.15) is 36.1 Å². The minimum Gasteiger partial charge on any atom is -0.463 e. The van der Waals surface area contributed by atoms with Gasteiger partial charge in [-0.3, -0.25) is 4.90 Å². The lowest BCUT2D eigenvalue weighted by atomic mass is 9.92. The number of carbonyl (C=O) groups excluding carboxylic acids is 1. The Morgan fingerprint density at radius 1 is 1.63 bits per heavy atom. The summed E-state index contributed by atoms with van der Waals surface area (Å²) >= 11 is 0. The maximum atomic E-state index is 11.3. The minimum atomic E-state index is -0.432. The first-order chi connectivity index (χ1) is 9.10. The molecule has 1 saturated heterocycles. The molecular formula is C14H22N2O3. The second-order valence-corrected chi connectivity index (χ2v) is 5.25. The van der Waals surface area contributed by atoms with Crippen molar-refractivity contribution in [2.75, 3.05) is 20.2 Å². The molecule has 5 nitrogen and oxygen atoms in total. The van der Waals surface area contributed by atoms with Crippen LogP contribution in [0.25, 0.3) is 0 Å². The molecule has 1 fully saturated rings. The van der Waals surface area contributed by atoms with E-state index in [0.29, 0.717) is 5.92 Å². The van der Waals surface area contributed by atoms with Crippen LogP contribution >= 0.6 is 0 Å². The Kier molecular flexibility index (Phi) is 4.61. The van der Waals surface area contributed by atoms with Gasteiger partial charge in [-0.2, -0.15) is 0 Å². The molecule has 0 spiro atoms. The van der Waals surface area contributed by atoms with E-state index in [4.69, 9.17) is 10.2 Å². The van der Waals surface area contributed by atoms with E-state index >= 15 is 0 Å². The molecule has 19 heavy (non-hydrogen) atoms. The summed E-state index contributed by atoms with van der Waals surface area (Å²) in [5, 5.41) is 0. The van der Waals surface area contributed by atoms with E-state index in [1.165, 1.54) is 13.5 Å². The lowest BCUT2D eigenvalue weighted by Crippen LogP contribution is -2.41. The molecule has 2 unspecified atom stereocenters. The number of furan rings is 1. The number of hydrogen-bond donors (Lipinski definition) is 1. The van der Waals surface area contributed by atoms with E-state index in [1.807, 2.05) is 6.07 Å². The molecule has 1 aromatic rings. The molecule has 2 rings (SSSR count). The number of rotatable bonds is 4. The van der Waals surface area contributed by atoms with E-state index in [2.05, 4.69) is 16.6 Å². The lowest BCUT2D eigenvalue weighted by molar-refractivity contribution is 0.0559. The largest absolute Gasteiger partial charge is 0.463 e. The third-order valence-corrected chi connectivity index (χ3v) is 3.71. The summed E-state index contributed by atoms with van der Waals surface area (Å²) in [4.78, 5) is 13.6. The zero-order chi connectivity index (χ0) is 13.8. The Hall–Kier alpha value is -1.33. The molecule has 0 saturated carbocycles. The molecule has 0 bridgehead atoms. The monoisotopic (exact) mass is 266 g/mol. The Balaban J connectivity index is 1.93. The number of ether oxygens (including phenoxy) is 1. The van der Waals surface area contributed by atoms with Gasteiger partial charge in [0.05, 0.1) is 13.7 Å². The third-order valence-electron chi connectivity index (χ3n) is 3.71. The normalized spacial score (nSPS) is 22.2. The van der Waals surface area contributed by atoms with Gasteiger partial charge in [0, 0.05) is 12.6 Å². The number of carbonyl (C=O) groups is 1. The van der Waals surface area contributed by atoms with Crippen LogP contribution in [0, 0.1) is 5.92 Å². The molecule has 0 aromatic carbocycles. The van der Waals surface area contributed by atoms with Gasteiger partial charge in [-0.15, -0.1) is 0 Å². The van der Waals surface area contributed by atoms with Crippen molar-refractivity contribution in [1.82, 2.24) is 4.90 Å². The van der Waals surface area contributed by atoms with Gasteiger partial charge in [0.2, 0.25) is 5.76 Å². The molecular weight excluding hydrogens is 244 g/mol. The highest BCUT2D eigenvalue weighted by atomic mass is 16.5. The third kappa shape index (κ3) is 3.58. The molecule has 1 aliphatic heterocycles. The van der Waals surface area contributed by atoms with E-state index in [0.717, 1.165) is 31.8 Å². The number of nitrogens with zero attached hydrogens (tertiary/aromatic N) is 1. The van der Waals surface area contributed by atoms with Crippen molar-refractivity contribution in [2.24, 2.45) is 11.7 Å². The van der Waals surface area contributed by atoms with Crippen LogP contribution in [0.2, 0.25) is 0 Å². The van der Waals surface area contributed by atoms with E-state index < -0.39 is 5.97 Å². The van der Waals surface area contributed by atoms with Gasteiger partial charge in [0.15, 0.2) is 0 Å². The quantitative estimate of drug-likeness (QED) is 0.839. The van der Waals surface area contributed by atoms with Crippen molar-refractivity contribution in [3.63, 3.8) is 0 Å². The summed E-state index contributed by atoms with van der Waals surface area (Å²) in [5.41, 5.74) is 5.97. The summed E-state index contributed by atoms with van der Waals surface area (Å²) in [6.07, 6.45) is 2.36. The van der Waals surface area contributed by atoms with Crippen LogP contribution in [0.3, 0.4) is 0 Å². The van der Waals surface area contributed by atoms with E-state index in [9.17, 15) is 4.79 Å². The summed E-state index contributed by atoms with van der Waals surface area (Å²) < 4.78 is 10.1. The first-order valence-corrected chi connectivity index (χ1v) is 6.75. The number of likely N-dealkylation sites (tertiary alicyclic amines) is 1. The zero-order valence-corrected chi connectivity index (χ0v) is 11.6. The SMILES string of the molecule is COC(=O)c1ccc(CN2CCCC(C(C)N)C2)o1. The Labute approximate surface area is 113 Å². The Morgan fingerprint density at radius 3 is 3.11 bits per heavy atom. The zero-order valence-electron chi connectivity index (χ0n) is 11.6. The van der Waals surface area contributed by atoms with Crippen molar-refractivity contribution in [2.45, 2.75) is 32.4 Å². The fourth-order valence-electron chi connectivity index (χ4n) is 2.56. The second kappa shape index (κ2) is 6.21. The first kappa shape index (κ1) is 14.1. The van der Waals surface area contributed by atoms with Crippen molar-refractivity contribution in [3.8, 4) is 0 Å². The molecule has 2 heterocycles. The standard InChI is InChI=1S/C14H22N2O3/c1-10(15)11-4-3-7-16(8-11)9-12-5-6-13(19-12)14(17)18-2/h5-6,10-11H,3-4,7-9,15H2,1-2H3. The molecule has 2 N–H and O–H groups in total. The van der Waals surface area contributed by atoms with Gasteiger partial charge in [-0.05, 0) is 44.4 Å². The van der Waals surface area contributed by atoms with Crippen LogP contribution < -0.4 is 5.73 Å². The maximum Gasteiger partial charge on any atom is 0.373 e. The highest BCUT2D eigenvalue weighted by molar-refractivity contribution is 5.86. The van der Waals surface area contributed by atoms with Crippen LogP contribution in [-0.2, 0) is 11.3 Å². The second-order valence-electron chi connectivity index (χ2n) is 5.25.